The van der Waals surface area contributed by atoms with Crippen molar-refractivity contribution in [1.29, 1.82) is 0 Å². The van der Waals surface area contributed by atoms with E-state index in [9.17, 15) is 4.79 Å². The van der Waals surface area contributed by atoms with Gasteiger partial charge < -0.3 is 0 Å². The van der Waals surface area contributed by atoms with E-state index in [2.05, 4.69) is 31.1 Å². The van der Waals surface area contributed by atoms with Crippen LogP contribution in [0.5, 0.6) is 0 Å². The third-order valence-electron chi connectivity index (χ3n) is 2.02. The number of nitrogens with zero attached hydrogens (tertiary/aromatic N) is 3. The SMILES string of the molecule is CC(=O)c1cnnc(-c2ccc(Br)cc2)n1. The highest BCUT2D eigenvalue weighted by Gasteiger charge is 2.06. The average molecular weight is 278 g/mol. The normalized spacial score (nSPS) is 10.1. The molecule has 1 heterocycles. The zero-order valence-electron chi connectivity index (χ0n) is 8.51. The summed E-state index contributed by atoms with van der Waals surface area (Å²) in [7, 11) is 0. The van der Waals surface area contributed by atoms with Gasteiger partial charge in [-0.15, -0.1) is 5.10 Å². The van der Waals surface area contributed by atoms with Gasteiger partial charge in [0, 0.05) is 17.0 Å². The molecule has 1 aromatic heterocycles. The Bertz CT molecular complexity index is 525. The van der Waals surface area contributed by atoms with E-state index in [1.54, 1.807) is 0 Å². The van der Waals surface area contributed by atoms with Gasteiger partial charge in [-0.2, -0.15) is 5.10 Å². The summed E-state index contributed by atoms with van der Waals surface area (Å²) in [6.45, 7) is 1.45. The molecule has 0 saturated carbocycles. The van der Waals surface area contributed by atoms with Crippen LogP contribution in [0.3, 0.4) is 0 Å². The van der Waals surface area contributed by atoms with E-state index < -0.39 is 0 Å². The van der Waals surface area contributed by atoms with Crippen molar-refractivity contribution < 1.29 is 4.79 Å². The van der Waals surface area contributed by atoms with Crippen molar-refractivity contribution in [2.45, 2.75) is 6.92 Å². The van der Waals surface area contributed by atoms with E-state index in [4.69, 9.17) is 0 Å². The second-order valence-electron chi connectivity index (χ2n) is 3.23. The van der Waals surface area contributed by atoms with Crippen molar-refractivity contribution in [3.05, 3.63) is 40.6 Å². The average Bonchev–Trinajstić information content (AvgIpc) is 2.30. The summed E-state index contributed by atoms with van der Waals surface area (Å²) < 4.78 is 0.979. The minimum Gasteiger partial charge on any atom is -0.293 e. The van der Waals surface area contributed by atoms with Crippen LogP contribution in [0, 0.1) is 0 Å². The van der Waals surface area contributed by atoms with Crippen LogP contribution < -0.4 is 0 Å². The third kappa shape index (κ3) is 2.30. The van der Waals surface area contributed by atoms with Gasteiger partial charge in [0.1, 0.15) is 5.69 Å². The van der Waals surface area contributed by atoms with Gasteiger partial charge in [-0.3, -0.25) is 4.79 Å². The molecular formula is C11H8BrN3O. The monoisotopic (exact) mass is 277 g/mol. The van der Waals surface area contributed by atoms with E-state index in [-0.39, 0.29) is 5.78 Å². The molecule has 0 bridgehead atoms. The predicted octanol–water partition coefficient (Wildman–Crippen LogP) is 2.50. The first-order valence-electron chi connectivity index (χ1n) is 4.63. The van der Waals surface area contributed by atoms with E-state index in [1.807, 2.05) is 24.3 Å². The van der Waals surface area contributed by atoms with Gasteiger partial charge >= 0.3 is 0 Å². The van der Waals surface area contributed by atoms with Crippen molar-refractivity contribution in [2.24, 2.45) is 0 Å². The Hall–Kier alpha value is -1.62. The molecule has 80 valence electrons. The molecule has 4 nitrogen and oxygen atoms in total. The number of hydrogen-bond acceptors (Lipinski definition) is 4. The summed E-state index contributed by atoms with van der Waals surface area (Å²) in [4.78, 5) is 15.3. The number of Topliss-reactive ketones (excluding diaryl/α,β-unsaturated/α-hetero) is 1. The van der Waals surface area contributed by atoms with E-state index in [0.717, 1.165) is 10.0 Å². The first kappa shape index (κ1) is 10.9. The van der Waals surface area contributed by atoms with Crippen LogP contribution in [-0.2, 0) is 0 Å². The fourth-order valence-corrected chi connectivity index (χ4v) is 1.46. The van der Waals surface area contributed by atoms with Crippen molar-refractivity contribution in [3.63, 3.8) is 0 Å². The Labute approximate surface area is 101 Å². The number of halogens is 1. The van der Waals surface area contributed by atoms with Gasteiger partial charge in [0.2, 0.25) is 0 Å². The van der Waals surface area contributed by atoms with Crippen LogP contribution in [0.15, 0.2) is 34.9 Å². The number of benzene rings is 1. The standard InChI is InChI=1S/C11H8BrN3O/c1-7(16)10-6-13-15-11(14-10)8-2-4-9(12)5-3-8/h2-6H,1H3. The Morgan fingerprint density at radius 1 is 1.25 bits per heavy atom. The lowest BCUT2D eigenvalue weighted by Gasteiger charge is -2.00. The fraction of sp³-hybridized carbons (Fsp3) is 0.0909. The van der Waals surface area contributed by atoms with Gasteiger partial charge in [-0.05, 0) is 12.1 Å². The highest BCUT2D eigenvalue weighted by Crippen LogP contribution is 2.17. The van der Waals surface area contributed by atoms with E-state index in [0.29, 0.717) is 11.5 Å². The van der Waals surface area contributed by atoms with Crippen LogP contribution in [-0.4, -0.2) is 21.0 Å². The number of rotatable bonds is 2. The van der Waals surface area contributed by atoms with Crippen molar-refractivity contribution in [1.82, 2.24) is 15.2 Å². The Kier molecular flexibility index (Phi) is 3.05. The quantitative estimate of drug-likeness (QED) is 0.792. The molecular weight excluding hydrogens is 270 g/mol. The maximum Gasteiger partial charge on any atom is 0.182 e. The lowest BCUT2D eigenvalue weighted by atomic mass is 10.2. The minimum atomic E-state index is -0.117. The lowest BCUT2D eigenvalue weighted by Crippen LogP contribution is -2.01. The number of ketones is 1. The van der Waals surface area contributed by atoms with Crippen LogP contribution >= 0.6 is 15.9 Å². The van der Waals surface area contributed by atoms with Crippen LogP contribution in [0.4, 0.5) is 0 Å². The molecule has 2 rings (SSSR count). The second-order valence-corrected chi connectivity index (χ2v) is 4.14. The maximum absolute atomic E-state index is 11.1. The molecule has 0 aliphatic carbocycles. The highest BCUT2D eigenvalue weighted by molar-refractivity contribution is 9.10. The lowest BCUT2D eigenvalue weighted by molar-refractivity contribution is 0.101. The summed E-state index contributed by atoms with van der Waals surface area (Å²) in [6, 6.07) is 7.51. The Morgan fingerprint density at radius 2 is 1.94 bits per heavy atom. The summed E-state index contributed by atoms with van der Waals surface area (Å²) >= 11 is 3.35. The zero-order valence-corrected chi connectivity index (χ0v) is 10.1. The highest BCUT2D eigenvalue weighted by atomic mass is 79.9. The molecule has 16 heavy (non-hydrogen) atoms. The summed E-state index contributed by atoms with van der Waals surface area (Å²) in [5.41, 5.74) is 1.16. The third-order valence-corrected chi connectivity index (χ3v) is 2.55. The molecule has 2 aromatic rings. The number of hydrogen-bond donors (Lipinski definition) is 0. The smallest absolute Gasteiger partial charge is 0.182 e. The van der Waals surface area contributed by atoms with Gasteiger partial charge in [0.15, 0.2) is 11.6 Å². The Morgan fingerprint density at radius 3 is 2.56 bits per heavy atom. The molecule has 0 radical (unpaired) electrons. The van der Waals surface area contributed by atoms with E-state index >= 15 is 0 Å². The molecule has 0 aliphatic rings. The number of aromatic nitrogens is 3. The number of carbonyl (C=O) groups is 1. The molecule has 0 atom stereocenters. The molecule has 0 unspecified atom stereocenters. The zero-order chi connectivity index (χ0) is 11.5. The van der Waals surface area contributed by atoms with Crippen LogP contribution in [0.2, 0.25) is 0 Å². The first-order valence-corrected chi connectivity index (χ1v) is 5.43. The van der Waals surface area contributed by atoms with Gasteiger partial charge in [0.05, 0.1) is 6.20 Å². The van der Waals surface area contributed by atoms with Crippen LogP contribution in [0.1, 0.15) is 17.4 Å². The number of carbonyl (C=O) groups excluding carboxylic acids is 1. The molecule has 0 amide bonds. The molecule has 1 aromatic carbocycles. The van der Waals surface area contributed by atoms with Crippen LogP contribution in [0.25, 0.3) is 11.4 Å². The largest absolute Gasteiger partial charge is 0.293 e. The molecule has 0 spiro atoms. The summed E-state index contributed by atoms with van der Waals surface area (Å²) in [5.74, 6) is 0.341. The summed E-state index contributed by atoms with van der Waals surface area (Å²) in [5, 5.41) is 7.65. The van der Waals surface area contributed by atoms with E-state index in [1.165, 1.54) is 13.1 Å². The predicted molar refractivity (Wildman–Crippen MR) is 63.0 cm³/mol. The Balaban J connectivity index is 2.44. The first-order chi connectivity index (χ1) is 7.66. The maximum atomic E-state index is 11.1. The molecule has 0 fully saturated rings. The topological polar surface area (TPSA) is 55.7 Å². The van der Waals surface area contributed by atoms with Gasteiger partial charge in [0.25, 0.3) is 0 Å². The molecule has 0 saturated heterocycles. The fourth-order valence-electron chi connectivity index (χ4n) is 1.19. The second kappa shape index (κ2) is 4.49. The summed E-state index contributed by atoms with van der Waals surface area (Å²) in [6.07, 6.45) is 1.37. The van der Waals surface area contributed by atoms with Gasteiger partial charge in [-0.1, -0.05) is 28.1 Å². The van der Waals surface area contributed by atoms with Gasteiger partial charge in [-0.25, -0.2) is 4.98 Å². The molecule has 5 heteroatoms. The molecule has 0 N–H and O–H groups in total. The van der Waals surface area contributed by atoms with Crippen molar-refractivity contribution >= 4 is 21.7 Å². The van der Waals surface area contributed by atoms with Crippen molar-refractivity contribution in [2.75, 3.05) is 0 Å². The minimum absolute atomic E-state index is 0.117. The van der Waals surface area contributed by atoms with Crippen molar-refractivity contribution in [3.8, 4) is 11.4 Å². The molecule has 0 aliphatic heterocycles.